The molecule has 0 aliphatic carbocycles. The zero-order valence-electron chi connectivity index (χ0n) is 10.9. The third kappa shape index (κ3) is 3.00. The second-order valence-electron chi connectivity index (χ2n) is 4.35. The minimum absolute atomic E-state index is 0.265. The van der Waals surface area contributed by atoms with Crippen molar-refractivity contribution in [2.75, 3.05) is 0 Å². The van der Waals surface area contributed by atoms with E-state index in [4.69, 9.17) is 0 Å². The third-order valence-electron chi connectivity index (χ3n) is 2.89. The van der Waals surface area contributed by atoms with Crippen molar-refractivity contribution >= 4 is 27.3 Å². The van der Waals surface area contributed by atoms with E-state index in [1.165, 1.54) is 0 Å². The average molecular weight is 343 g/mol. The van der Waals surface area contributed by atoms with Gasteiger partial charge in [0.1, 0.15) is 0 Å². The van der Waals surface area contributed by atoms with Crippen LogP contribution in [0.15, 0.2) is 74.1 Å². The lowest BCUT2D eigenvalue weighted by molar-refractivity contribution is 1.06. The number of nitrogens with one attached hydrogen (secondary N) is 2. The topological polar surface area (TPSA) is 73.4 Å². The van der Waals surface area contributed by atoms with Gasteiger partial charge in [0.15, 0.2) is 5.69 Å². The molecule has 6 heteroatoms. The van der Waals surface area contributed by atoms with Crippen molar-refractivity contribution in [2.24, 2.45) is 10.2 Å². The molecule has 2 aromatic carbocycles. The minimum Gasteiger partial charge on any atom is -0.295 e. The summed E-state index contributed by atoms with van der Waals surface area (Å²) in [4.78, 5) is 11.9. The monoisotopic (exact) mass is 342 g/mol. The van der Waals surface area contributed by atoms with Crippen LogP contribution in [0, 0.1) is 0 Å². The highest BCUT2D eigenvalue weighted by Crippen LogP contribution is 2.26. The van der Waals surface area contributed by atoms with Crippen molar-refractivity contribution in [2.45, 2.75) is 0 Å². The van der Waals surface area contributed by atoms with Crippen molar-refractivity contribution in [1.82, 2.24) is 10.2 Å². The number of nitrogens with zero attached hydrogens (tertiary/aromatic N) is 2. The van der Waals surface area contributed by atoms with Crippen LogP contribution in [0.3, 0.4) is 0 Å². The van der Waals surface area contributed by atoms with Crippen molar-refractivity contribution < 1.29 is 0 Å². The summed E-state index contributed by atoms with van der Waals surface area (Å²) in [5, 5.41) is 13.6. The largest absolute Gasteiger partial charge is 0.295 e. The molecule has 3 aromatic rings. The summed E-state index contributed by atoms with van der Waals surface area (Å²) in [6.45, 7) is 0. The molecule has 0 amide bonds. The number of hydrogen-bond donors (Lipinski definition) is 2. The van der Waals surface area contributed by atoms with Crippen LogP contribution in [-0.4, -0.2) is 10.2 Å². The maximum absolute atomic E-state index is 11.9. The zero-order chi connectivity index (χ0) is 14.7. The highest BCUT2D eigenvalue weighted by atomic mass is 79.9. The number of aromatic amines is 2. The fraction of sp³-hybridized carbons (Fsp3) is 0. The molecule has 1 heterocycles. The molecule has 5 nitrogen and oxygen atoms in total. The summed E-state index contributed by atoms with van der Waals surface area (Å²) in [6, 6.07) is 16.9. The summed E-state index contributed by atoms with van der Waals surface area (Å²) in [7, 11) is 0. The fourth-order valence-corrected chi connectivity index (χ4v) is 2.29. The van der Waals surface area contributed by atoms with E-state index >= 15 is 0 Å². The molecule has 0 fully saturated rings. The summed E-state index contributed by atoms with van der Waals surface area (Å²) in [5.41, 5.74) is 2.14. The van der Waals surface area contributed by atoms with Crippen molar-refractivity contribution in [3.8, 4) is 11.3 Å². The molecular weight excluding hydrogens is 332 g/mol. The molecule has 1 aromatic heterocycles. The molecule has 0 saturated heterocycles. The Morgan fingerprint density at radius 1 is 0.905 bits per heavy atom. The summed E-state index contributed by atoms with van der Waals surface area (Å²) in [5.74, 6) is 0. The molecule has 2 N–H and O–H groups in total. The van der Waals surface area contributed by atoms with E-state index in [1.807, 2.05) is 54.6 Å². The van der Waals surface area contributed by atoms with Crippen LogP contribution in [0.2, 0.25) is 0 Å². The molecule has 0 bridgehead atoms. The van der Waals surface area contributed by atoms with Gasteiger partial charge in [-0.05, 0) is 18.2 Å². The van der Waals surface area contributed by atoms with E-state index in [9.17, 15) is 4.79 Å². The van der Waals surface area contributed by atoms with Crippen LogP contribution in [0.1, 0.15) is 0 Å². The Labute approximate surface area is 128 Å². The van der Waals surface area contributed by atoms with Crippen molar-refractivity contribution in [3.05, 3.63) is 69.4 Å². The lowest BCUT2D eigenvalue weighted by Gasteiger charge is -1.97. The first-order chi connectivity index (χ1) is 10.2. The Kier molecular flexibility index (Phi) is 3.79. The smallest absolute Gasteiger partial charge is 0.292 e. The van der Waals surface area contributed by atoms with Gasteiger partial charge in [-0.2, -0.15) is 5.11 Å². The number of aromatic nitrogens is 2. The Morgan fingerprint density at radius 3 is 2.48 bits per heavy atom. The van der Waals surface area contributed by atoms with Gasteiger partial charge in [0, 0.05) is 10.0 Å². The lowest BCUT2D eigenvalue weighted by atomic mass is 10.1. The Balaban J connectivity index is 2.00. The Bertz CT molecular complexity index is 836. The molecule has 0 aliphatic heterocycles. The molecule has 21 heavy (non-hydrogen) atoms. The number of halogens is 1. The standard InChI is InChI=1S/C15H11BrN4O/c16-11-7-4-8-12(9-11)17-19-14-13(18-20-15(14)21)10-5-2-1-3-6-10/h1-9H,(H2,18,20,21). The van der Waals surface area contributed by atoms with Crippen LogP contribution in [0.25, 0.3) is 11.3 Å². The van der Waals surface area contributed by atoms with Crippen LogP contribution in [0.5, 0.6) is 0 Å². The van der Waals surface area contributed by atoms with Crippen molar-refractivity contribution in [3.63, 3.8) is 0 Å². The van der Waals surface area contributed by atoms with Gasteiger partial charge in [-0.3, -0.25) is 15.0 Å². The average Bonchev–Trinajstić information content (AvgIpc) is 2.87. The lowest BCUT2D eigenvalue weighted by Crippen LogP contribution is -1.96. The van der Waals surface area contributed by atoms with Gasteiger partial charge in [0.25, 0.3) is 5.56 Å². The second kappa shape index (κ2) is 5.88. The van der Waals surface area contributed by atoms with E-state index in [-0.39, 0.29) is 11.2 Å². The first-order valence-corrected chi connectivity index (χ1v) is 7.07. The van der Waals surface area contributed by atoms with E-state index < -0.39 is 0 Å². The fourth-order valence-electron chi connectivity index (χ4n) is 1.91. The highest BCUT2D eigenvalue weighted by Gasteiger charge is 2.10. The number of azo groups is 1. The van der Waals surface area contributed by atoms with Crippen LogP contribution in [0.4, 0.5) is 11.4 Å². The Hall–Kier alpha value is -2.47. The van der Waals surface area contributed by atoms with Gasteiger partial charge in [0.05, 0.1) is 11.4 Å². The van der Waals surface area contributed by atoms with Crippen LogP contribution >= 0.6 is 15.9 Å². The van der Waals surface area contributed by atoms with Crippen LogP contribution < -0.4 is 5.56 Å². The summed E-state index contributed by atoms with van der Waals surface area (Å²) in [6.07, 6.45) is 0. The number of hydrogen-bond acceptors (Lipinski definition) is 3. The summed E-state index contributed by atoms with van der Waals surface area (Å²) >= 11 is 3.37. The van der Waals surface area contributed by atoms with E-state index in [0.717, 1.165) is 10.0 Å². The molecule has 0 spiro atoms. The van der Waals surface area contributed by atoms with Gasteiger partial charge >= 0.3 is 0 Å². The number of benzene rings is 2. The Morgan fingerprint density at radius 2 is 1.71 bits per heavy atom. The molecular formula is C15H11BrN4O. The molecule has 0 radical (unpaired) electrons. The molecule has 3 rings (SSSR count). The van der Waals surface area contributed by atoms with Gasteiger partial charge in [0.2, 0.25) is 0 Å². The van der Waals surface area contributed by atoms with Crippen LogP contribution in [-0.2, 0) is 0 Å². The second-order valence-corrected chi connectivity index (χ2v) is 5.26. The van der Waals surface area contributed by atoms with E-state index in [1.54, 1.807) is 0 Å². The van der Waals surface area contributed by atoms with Gasteiger partial charge < -0.3 is 0 Å². The first kappa shape index (κ1) is 13.5. The number of H-pyrrole nitrogens is 2. The van der Waals surface area contributed by atoms with E-state index in [0.29, 0.717) is 11.4 Å². The third-order valence-corrected chi connectivity index (χ3v) is 3.38. The maximum Gasteiger partial charge on any atom is 0.292 e. The predicted octanol–water partition coefficient (Wildman–Crippen LogP) is 4.55. The normalized spacial score (nSPS) is 11.1. The minimum atomic E-state index is -0.299. The van der Waals surface area contributed by atoms with Crippen molar-refractivity contribution in [1.29, 1.82) is 0 Å². The highest BCUT2D eigenvalue weighted by molar-refractivity contribution is 9.10. The molecule has 104 valence electrons. The molecule has 0 unspecified atom stereocenters. The predicted molar refractivity (Wildman–Crippen MR) is 85.2 cm³/mol. The molecule has 0 saturated carbocycles. The first-order valence-electron chi connectivity index (χ1n) is 6.27. The maximum atomic E-state index is 11.9. The quantitative estimate of drug-likeness (QED) is 0.673. The summed E-state index contributed by atoms with van der Waals surface area (Å²) < 4.78 is 0.908. The zero-order valence-corrected chi connectivity index (χ0v) is 12.5. The molecule has 0 aliphatic rings. The van der Waals surface area contributed by atoms with E-state index in [2.05, 4.69) is 36.4 Å². The van der Waals surface area contributed by atoms with Gasteiger partial charge in [-0.1, -0.05) is 52.3 Å². The molecule has 0 atom stereocenters. The number of rotatable bonds is 3. The van der Waals surface area contributed by atoms with Gasteiger partial charge in [-0.25, -0.2) is 0 Å². The SMILES string of the molecule is O=c1[nH][nH]c(-c2ccccc2)c1N=Nc1cccc(Br)c1. The van der Waals surface area contributed by atoms with Gasteiger partial charge in [-0.15, -0.1) is 5.11 Å².